The Morgan fingerprint density at radius 2 is 2.18 bits per heavy atom. The van der Waals surface area contributed by atoms with Gasteiger partial charge in [0.2, 0.25) is 12.1 Å². The molecule has 0 radical (unpaired) electrons. The van der Waals surface area contributed by atoms with Crippen LogP contribution in [0.5, 0.6) is 5.75 Å². The first-order valence-corrected chi connectivity index (χ1v) is 7.40. The fourth-order valence-corrected chi connectivity index (χ4v) is 2.71. The Hall–Kier alpha value is -1.89. The van der Waals surface area contributed by atoms with Crippen molar-refractivity contribution in [3.63, 3.8) is 0 Å². The van der Waals surface area contributed by atoms with Gasteiger partial charge in [0.15, 0.2) is 0 Å². The first-order valence-electron chi connectivity index (χ1n) is 7.40. The normalized spacial score (nSPS) is 17.0. The first-order chi connectivity index (χ1) is 10.7. The van der Waals surface area contributed by atoms with E-state index in [2.05, 4.69) is 4.98 Å². The molecule has 0 saturated carbocycles. The number of Topliss-reactive ketones (excluding diaryl/α,β-unsaturated/α-hetero) is 1. The van der Waals surface area contributed by atoms with Gasteiger partial charge in [-0.05, 0) is 18.2 Å². The Kier molecular flexibility index (Phi) is 4.42. The van der Waals surface area contributed by atoms with Crippen LogP contribution in [0.3, 0.4) is 0 Å². The predicted molar refractivity (Wildman–Crippen MR) is 81.5 cm³/mol. The van der Waals surface area contributed by atoms with Gasteiger partial charge in [-0.2, -0.15) is 0 Å². The number of carbonyl (C=O) groups excluding carboxylic acids is 1. The molecule has 1 aromatic carbocycles. The minimum absolute atomic E-state index is 0.0926. The Morgan fingerprint density at radius 1 is 1.41 bits per heavy atom. The number of aromatic amines is 1. The molecule has 0 amide bonds. The molecule has 22 heavy (non-hydrogen) atoms. The molecule has 2 N–H and O–H groups in total. The zero-order valence-corrected chi connectivity index (χ0v) is 12.8. The lowest BCUT2D eigenvalue weighted by molar-refractivity contribution is -0.876. The standard InChI is InChI=1S/C16H20N2O4/c1-18(10-16-21-5-6-22-16)9-15(19)13-8-17-14-4-3-11(20-2)7-12(13)14/h3-4,7-8,16-17H,5-6,9-10H2,1-2H3/p+1. The lowest BCUT2D eigenvalue weighted by Crippen LogP contribution is -3.11. The van der Waals surface area contributed by atoms with E-state index in [0.29, 0.717) is 31.9 Å². The Labute approximate surface area is 128 Å². The van der Waals surface area contributed by atoms with E-state index in [0.717, 1.165) is 21.6 Å². The molecule has 1 fully saturated rings. The average Bonchev–Trinajstić information content (AvgIpc) is 3.15. The molecule has 1 saturated heterocycles. The van der Waals surface area contributed by atoms with E-state index in [1.807, 2.05) is 25.2 Å². The van der Waals surface area contributed by atoms with Crippen LogP contribution < -0.4 is 9.64 Å². The van der Waals surface area contributed by atoms with Crippen LogP contribution in [-0.4, -0.2) is 57.5 Å². The quantitative estimate of drug-likeness (QED) is 0.751. The van der Waals surface area contributed by atoms with Crippen molar-refractivity contribution in [2.75, 3.05) is 40.5 Å². The van der Waals surface area contributed by atoms with Crippen molar-refractivity contribution in [1.82, 2.24) is 4.98 Å². The largest absolute Gasteiger partial charge is 0.497 e. The lowest BCUT2D eigenvalue weighted by atomic mass is 10.1. The molecule has 1 aromatic heterocycles. The second-order valence-electron chi connectivity index (χ2n) is 5.55. The van der Waals surface area contributed by atoms with Crippen LogP contribution in [0, 0.1) is 0 Å². The van der Waals surface area contributed by atoms with Gasteiger partial charge in [-0.15, -0.1) is 0 Å². The minimum atomic E-state index is -0.198. The zero-order valence-electron chi connectivity index (χ0n) is 12.8. The second-order valence-corrected chi connectivity index (χ2v) is 5.55. The molecule has 0 spiro atoms. The molecule has 1 aliphatic rings. The summed E-state index contributed by atoms with van der Waals surface area (Å²) in [5.41, 5.74) is 1.63. The van der Waals surface area contributed by atoms with E-state index in [9.17, 15) is 4.79 Å². The second kappa shape index (κ2) is 6.48. The molecule has 2 heterocycles. The maximum Gasteiger partial charge on any atom is 0.218 e. The summed E-state index contributed by atoms with van der Waals surface area (Å²) < 4.78 is 16.1. The van der Waals surface area contributed by atoms with Gasteiger partial charge in [0, 0.05) is 22.7 Å². The van der Waals surface area contributed by atoms with E-state index >= 15 is 0 Å². The van der Waals surface area contributed by atoms with E-state index in [1.54, 1.807) is 13.3 Å². The van der Waals surface area contributed by atoms with Crippen LogP contribution >= 0.6 is 0 Å². The third-order valence-electron chi connectivity index (χ3n) is 3.86. The SMILES string of the molecule is COc1ccc2[nH]cc(C(=O)C[NH+](C)CC3OCCO3)c2c1. The van der Waals surface area contributed by atoms with Crippen molar-refractivity contribution < 1.29 is 23.9 Å². The summed E-state index contributed by atoms with van der Waals surface area (Å²) in [6.07, 6.45) is 1.57. The number of carbonyl (C=O) groups is 1. The summed E-state index contributed by atoms with van der Waals surface area (Å²) in [6.45, 7) is 2.33. The van der Waals surface area contributed by atoms with Crippen LogP contribution in [0.1, 0.15) is 10.4 Å². The molecule has 1 atom stereocenters. The van der Waals surface area contributed by atoms with Gasteiger partial charge in [-0.25, -0.2) is 0 Å². The number of quaternary nitrogens is 1. The molecular formula is C16H21N2O4+. The Bertz CT molecular complexity index is 661. The van der Waals surface area contributed by atoms with Crippen molar-refractivity contribution in [2.24, 2.45) is 0 Å². The van der Waals surface area contributed by atoms with Gasteiger partial charge in [-0.1, -0.05) is 0 Å². The van der Waals surface area contributed by atoms with Crippen molar-refractivity contribution in [1.29, 1.82) is 0 Å². The summed E-state index contributed by atoms with van der Waals surface area (Å²) in [4.78, 5) is 16.7. The van der Waals surface area contributed by atoms with Crippen molar-refractivity contribution >= 4 is 16.7 Å². The van der Waals surface area contributed by atoms with Crippen LogP contribution in [0.25, 0.3) is 10.9 Å². The number of fused-ring (bicyclic) bond motifs is 1. The molecule has 0 aliphatic carbocycles. The average molecular weight is 305 g/mol. The molecule has 118 valence electrons. The molecule has 2 aromatic rings. The highest BCUT2D eigenvalue weighted by atomic mass is 16.7. The number of H-pyrrole nitrogens is 1. The molecule has 0 bridgehead atoms. The lowest BCUT2D eigenvalue weighted by Gasteiger charge is -2.16. The maximum atomic E-state index is 12.5. The number of hydrogen-bond donors (Lipinski definition) is 2. The summed E-state index contributed by atoms with van der Waals surface area (Å²) in [7, 11) is 3.59. The van der Waals surface area contributed by atoms with Gasteiger partial charge in [-0.3, -0.25) is 4.79 Å². The van der Waals surface area contributed by atoms with E-state index in [1.165, 1.54) is 0 Å². The van der Waals surface area contributed by atoms with E-state index in [4.69, 9.17) is 14.2 Å². The number of nitrogens with one attached hydrogen (secondary N) is 2. The minimum Gasteiger partial charge on any atom is -0.497 e. The zero-order chi connectivity index (χ0) is 15.5. The van der Waals surface area contributed by atoms with Gasteiger partial charge >= 0.3 is 0 Å². The highest BCUT2D eigenvalue weighted by Crippen LogP contribution is 2.23. The van der Waals surface area contributed by atoms with E-state index in [-0.39, 0.29) is 12.1 Å². The molecule has 6 nitrogen and oxygen atoms in total. The fraction of sp³-hybridized carbons (Fsp3) is 0.438. The number of methoxy groups -OCH3 is 1. The van der Waals surface area contributed by atoms with Gasteiger partial charge < -0.3 is 24.1 Å². The number of hydrogen-bond acceptors (Lipinski definition) is 4. The maximum absolute atomic E-state index is 12.5. The number of ketones is 1. The third kappa shape index (κ3) is 3.14. The van der Waals surface area contributed by atoms with Gasteiger partial charge in [0.25, 0.3) is 0 Å². The van der Waals surface area contributed by atoms with Crippen LogP contribution in [-0.2, 0) is 9.47 Å². The molecular weight excluding hydrogens is 284 g/mol. The van der Waals surface area contributed by atoms with Gasteiger partial charge in [0.1, 0.15) is 18.8 Å². The molecule has 1 unspecified atom stereocenters. The highest BCUT2D eigenvalue weighted by molar-refractivity contribution is 6.08. The highest BCUT2D eigenvalue weighted by Gasteiger charge is 2.23. The topological polar surface area (TPSA) is 65.0 Å². The predicted octanol–water partition coefficient (Wildman–Crippen LogP) is 0.247. The van der Waals surface area contributed by atoms with Crippen LogP contribution in [0.2, 0.25) is 0 Å². The summed E-state index contributed by atoms with van der Waals surface area (Å²) >= 11 is 0. The summed E-state index contributed by atoms with van der Waals surface area (Å²) in [6, 6.07) is 5.68. The monoisotopic (exact) mass is 305 g/mol. The van der Waals surface area contributed by atoms with Crippen LogP contribution in [0.15, 0.2) is 24.4 Å². The first kappa shape index (κ1) is 15.0. The van der Waals surface area contributed by atoms with Crippen molar-refractivity contribution in [3.8, 4) is 5.75 Å². The number of rotatable bonds is 6. The smallest absolute Gasteiger partial charge is 0.218 e. The molecule has 6 heteroatoms. The number of ether oxygens (including phenoxy) is 3. The van der Waals surface area contributed by atoms with Crippen molar-refractivity contribution in [2.45, 2.75) is 6.29 Å². The summed E-state index contributed by atoms with van der Waals surface area (Å²) in [5.74, 6) is 0.838. The number of aromatic nitrogens is 1. The molecule has 1 aliphatic heterocycles. The fourth-order valence-electron chi connectivity index (χ4n) is 2.71. The Balaban J connectivity index is 1.71. The van der Waals surface area contributed by atoms with Crippen LogP contribution in [0.4, 0.5) is 0 Å². The summed E-state index contributed by atoms with van der Waals surface area (Å²) in [5, 5.41) is 0.894. The van der Waals surface area contributed by atoms with E-state index < -0.39 is 0 Å². The Morgan fingerprint density at radius 3 is 2.91 bits per heavy atom. The third-order valence-corrected chi connectivity index (χ3v) is 3.86. The molecule has 3 rings (SSSR count). The number of likely N-dealkylation sites (N-methyl/N-ethyl adjacent to an activating group) is 1. The van der Waals surface area contributed by atoms with Gasteiger partial charge in [0.05, 0.1) is 27.4 Å². The number of benzene rings is 1. The van der Waals surface area contributed by atoms with Crippen molar-refractivity contribution in [3.05, 3.63) is 30.0 Å².